The topological polar surface area (TPSA) is 0 Å². The number of hydrogen-bond acceptors (Lipinski definition) is 0. The third kappa shape index (κ3) is 37.7. The van der Waals surface area contributed by atoms with Crippen LogP contribution in [0.25, 0.3) is 0 Å². The summed E-state index contributed by atoms with van der Waals surface area (Å²) in [6, 6.07) is 0. The minimum Gasteiger partial charge on any atom is -0.0981 e. The summed E-state index contributed by atoms with van der Waals surface area (Å²) in [5, 5.41) is 2.31. The van der Waals surface area contributed by atoms with E-state index < -0.39 is 0 Å². The van der Waals surface area contributed by atoms with Crippen LogP contribution in [0, 0.1) is 0 Å². The van der Waals surface area contributed by atoms with E-state index in [1.165, 1.54) is 205 Å². The molecule has 0 saturated carbocycles. The van der Waals surface area contributed by atoms with E-state index in [0.29, 0.717) is 0 Å². The van der Waals surface area contributed by atoms with Crippen LogP contribution in [0.5, 0.6) is 0 Å². The summed E-state index contributed by atoms with van der Waals surface area (Å²) in [5.74, 6) is 0. The molecule has 0 aromatic rings. The molecule has 0 radical (unpaired) electrons. The molecule has 0 fully saturated rings. The maximum absolute atomic E-state index is 2.45. The average molecular weight is 944 g/mol. The molecular formula is C58H122P4. The SMILES string of the molecule is CCCCCCCCP(CCCCCCCC)C(C(P(CCCCCC)CCCCCC)P(CCCCCCCC)CCCCCCCC)P(CCCCCC)CCCCCC. The zero-order chi connectivity index (χ0) is 45.4. The van der Waals surface area contributed by atoms with Crippen molar-refractivity contribution in [2.45, 2.75) is 323 Å². The van der Waals surface area contributed by atoms with Crippen molar-refractivity contribution in [3.63, 3.8) is 0 Å². The molecule has 0 bridgehead atoms. The Bertz CT molecular complexity index is 697. The monoisotopic (exact) mass is 943 g/mol. The zero-order valence-corrected chi connectivity index (χ0v) is 48.5. The molecule has 0 nitrogen and oxygen atoms in total. The minimum atomic E-state index is 0.0989. The lowest BCUT2D eigenvalue weighted by Gasteiger charge is -2.48. The summed E-state index contributed by atoms with van der Waals surface area (Å²) in [6.45, 7) is 19.4. The molecular weight excluding hydrogens is 821 g/mol. The van der Waals surface area contributed by atoms with Gasteiger partial charge in [-0.25, -0.2) is 0 Å². The summed E-state index contributed by atoms with van der Waals surface area (Å²) in [5.41, 5.74) is 0. The molecule has 0 aliphatic rings. The van der Waals surface area contributed by atoms with E-state index in [1.807, 2.05) is 0 Å². The van der Waals surface area contributed by atoms with E-state index in [0.717, 1.165) is 10.8 Å². The van der Waals surface area contributed by atoms with Gasteiger partial charge in [-0.15, -0.1) is 0 Å². The summed E-state index contributed by atoms with van der Waals surface area (Å²) >= 11 is 0. The molecule has 2 unspecified atom stereocenters. The third-order valence-electron chi connectivity index (χ3n) is 14.2. The highest BCUT2D eigenvalue weighted by Gasteiger charge is 2.41. The highest BCUT2D eigenvalue weighted by atomic mass is 31.2. The van der Waals surface area contributed by atoms with Gasteiger partial charge in [-0.05, 0) is 101 Å². The van der Waals surface area contributed by atoms with Crippen molar-refractivity contribution in [3.05, 3.63) is 0 Å². The van der Waals surface area contributed by atoms with Crippen molar-refractivity contribution >= 4 is 31.7 Å². The van der Waals surface area contributed by atoms with Crippen LogP contribution in [0.2, 0.25) is 0 Å². The molecule has 0 N–H and O–H groups in total. The van der Waals surface area contributed by atoms with E-state index in [2.05, 4.69) is 55.4 Å². The van der Waals surface area contributed by atoms with E-state index >= 15 is 0 Å². The second-order valence-electron chi connectivity index (χ2n) is 20.3. The standard InChI is InChI=1S/C58H122P4/c1-9-17-25-33-37-45-53-61(54-46-38-34-26-18-10-2)57(59(49-41-29-21-13-5)50-42-30-22-14-6)58(60(51-43-31-23-15-7)52-44-32-24-16-8)62(55-47-39-35-27-19-11-3)56-48-40-36-28-20-12-4/h57-58H,9-56H2,1-8H3. The van der Waals surface area contributed by atoms with Crippen molar-refractivity contribution in [1.29, 1.82) is 0 Å². The van der Waals surface area contributed by atoms with Gasteiger partial charge in [0.1, 0.15) is 0 Å². The first-order valence-electron chi connectivity index (χ1n) is 29.6. The smallest absolute Gasteiger partial charge is 0.0101 e. The third-order valence-corrected chi connectivity index (χ3v) is 30.3. The Morgan fingerprint density at radius 1 is 0.161 bits per heavy atom. The number of hydrogen-bond donors (Lipinski definition) is 0. The van der Waals surface area contributed by atoms with Gasteiger partial charge < -0.3 is 0 Å². The lowest BCUT2D eigenvalue weighted by Crippen LogP contribution is -2.28. The Morgan fingerprint density at radius 3 is 0.419 bits per heavy atom. The van der Waals surface area contributed by atoms with Crippen LogP contribution in [0.1, 0.15) is 312 Å². The van der Waals surface area contributed by atoms with Crippen molar-refractivity contribution in [2.24, 2.45) is 0 Å². The molecule has 0 rings (SSSR count). The summed E-state index contributed by atoms with van der Waals surface area (Å²) in [6.07, 6.45) is 72.8. The summed E-state index contributed by atoms with van der Waals surface area (Å²) in [4.78, 5) is 0. The molecule has 62 heavy (non-hydrogen) atoms. The van der Waals surface area contributed by atoms with Gasteiger partial charge >= 0.3 is 0 Å². The van der Waals surface area contributed by atoms with Gasteiger partial charge in [0.2, 0.25) is 0 Å². The van der Waals surface area contributed by atoms with Gasteiger partial charge in [-0.1, -0.05) is 293 Å². The first-order chi connectivity index (χ1) is 30.6. The van der Waals surface area contributed by atoms with E-state index in [1.54, 1.807) is 101 Å². The Hall–Kier alpha value is 1.72. The van der Waals surface area contributed by atoms with E-state index in [4.69, 9.17) is 0 Å². The fourth-order valence-electron chi connectivity index (χ4n) is 10.1. The Labute approximate surface area is 402 Å². The van der Waals surface area contributed by atoms with Crippen molar-refractivity contribution < 1.29 is 0 Å². The Balaban J connectivity index is 7.62. The fourth-order valence-corrected chi connectivity index (χ4v) is 30.6. The van der Waals surface area contributed by atoms with Crippen molar-refractivity contribution in [3.8, 4) is 0 Å². The van der Waals surface area contributed by atoms with E-state index in [9.17, 15) is 0 Å². The second-order valence-corrected chi connectivity index (χ2v) is 31.6. The zero-order valence-electron chi connectivity index (χ0n) is 44.9. The molecule has 0 spiro atoms. The first-order valence-corrected chi connectivity index (χ1v) is 36.7. The first kappa shape index (κ1) is 63.7. The van der Waals surface area contributed by atoms with Crippen LogP contribution in [0.4, 0.5) is 0 Å². The largest absolute Gasteiger partial charge is 0.0981 e. The van der Waals surface area contributed by atoms with Crippen LogP contribution in [0.15, 0.2) is 0 Å². The molecule has 2 atom stereocenters. The highest BCUT2D eigenvalue weighted by Crippen LogP contribution is 2.74. The van der Waals surface area contributed by atoms with Crippen LogP contribution < -0.4 is 0 Å². The molecule has 0 amide bonds. The molecule has 0 aromatic heterocycles. The number of unbranched alkanes of at least 4 members (excludes halogenated alkanes) is 32. The Morgan fingerprint density at radius 2 is 0.274 bits per heavy atom. The molecule has 0 saturated heterocycles. The van der Waals surface area contributed by atoms with Crippen LogP contribution in [-0.2, 0) is 0 Å². The van der Waals surface area contributed by atoms with Gasteiger partial charge in [0.15, 0.2) is 0 Å². The lowest BCUT2D eigenvalue weighted by molar-refractivity contribution is 0.621. The normalized spacial score (nSPS) is 13.2. The average Bonchev–Trinajstić information content (AvgIpc) is 3.28. The van der Waals surface area contributed by atoms with Gasteiger partial charge in [0.05, 0.1) is 0 Å². The second kappa shape index (κ2) is 52.1. The molecule has 0 aromatic carbocycles. The quantitative estimate of drug-likeness (QED) is 0.0421. The fraction of sp³-hybridized carbons (Fsp3) is 1.00. The van der Waals surface area contributed by atoms with Crippen molar-refractivity contribution in [1.82, 2.24) is 0 Å². The van der Waals surface area contributed by atoms with Crippen LogP contribution in [0.3, 0.4) is 0 Å². The summed E-state index contributed by atoms with van der Waals surface area (Å²) < 4.78 is 0. The molecule has 4 heteroatoms. The van der Waals surface area contributed by atoms with Gasteiger partial charge in [0.25, 0.3) is 0 Å². The van der Waals surface area contributed by atoms with Gasteiger partial charge in [-0.2, -0.15) is 0 Å². The molecule has 0 aliphatic carbocycles. The summed E-state index contributed by atoms with van der Waals surface area (Å²) in [7, 11) is 0.404. The number of rotatable bonds is 53. The van der Waals surface area contributed by atoms with Gasteiger partial charge in [-0.3, -0.25) is 0 Å². The Kier molecular flexibility index (Phi) is 53.5. The van der Waals surface area contributed by atoms with Crippen LogP contribution in [-0.4, -0.2) is 60.1 Å². The lowest BCUT2D eigenvalue weighted by atomic mass is 10.1. The maximum Gasteiger partial charge on any atom is 0.0101 e. The predicted molar refractivity (Wildman–Crippen MR) is 304 cm³/mol. The highest BCUT2D eigenvalue weighted by molar-refractivity contribution is 7.83. The minimum absolute atomic E-state index is 0.0989. The predicted octanol–water partition coefficient (Wildman–Crippen LogP) is 23.3. The molecule has 374 valence electrons. The molecule has 0 heterocycles. The maximum atomic E-state index is 2.45. The van der Waals surface area contributed by atoms with E-state index in [-0.39, 0.29) is 31.7 Å². The molecule has 0 aliphatic heterocycles. The van der Waals surface area contributed by atoms with Gasteiger partial charge in [0, 0.05) is 10.8 Å². The van der Waals surface area contributed by atoms with Crippen LogP contribution >= 0.6 is 31.7 Å². The van der Waals surface area contributed by atoms with Crippen molar-refractivity contribution in [2.75, 3.05) is 49.3 Å².